The van der Waals surface area contributed by atoms with Crippen LogP contribution in [0.3, 0.4) is 0 Å². The van der Waals surface area contributed by atoms with Gasteiger partial charge in [-0.15, -0.1) is 0 Å². The third kappa shape index (κ3) is 6.31. The van der Waals surface area contributed by atoms with Crippen LogP contribution in [0.25, 0.3) is 0 Å². The maximum atomic E-state index is 12.4. The molecule has 0 spiro atoms. The van der Waals surface area contributed by atoms with E-state index in [4.69, 9.17) is 18.9 Å². The van der Waals surface area contributed by atoms with E-state index in [2.05, 4.69) is 0 Å². The Morgan fingerprint density at radius 3 is 2.50 bits per heavy atom. The second kappa shape index (κ2) is 9.00. The lowest BCUT2D eigenvalue weighted by Crippen LogP contribution is -2.54. The Labute approximate surface area is 154 Å². The molecular weight excluding hydrogens is 338 g/mol. The maximum absolute atomic E-state index is 12.4. The Bertz CT molecular complexity index is 598. The molecular formula is C19H27NO6. The van der Waals surface area contributed by atoms with Crippen LogP contribution in [0.4, 0.5) is 4.79 Å². The van der Waals surface area contributed by atoms with E-state index in [1.165, 1.54) is 12.0 Å². The number of amides is 1. The van der Waals surface area contributed by atoms with Gasteiger partial charge in [0.1, 0.15) is 5.60 Å². The van der Waals surface area contributed by atoms with Crippen molar-refractivity contribution in [3.8, 4) is 0 Å². The SMILES string of the molecule is COC(=O)[C@@H]1CN(C(=O)OC(C)(C)C)C[C@H](COCc2ccccc2)O1. The highest BCUT2D eigenvalue weighted by Gasteiger charge is 2.37. The van der Waals surface area contributed by atoms with Gasteiger partial charge < -0.3 is 23.8 Å². The summed E-state index contributed by atoms with van der Waals surface area (Å²) in [6, 6.07) is 9.74. The van der Waals surface area contributed by atoms with Crippen molar-refractivity contribution in [3.05, 3.63) is 35.9 Å². The van der Waals surface area contributed by atoms with Crippen LogP contribution in [0.15, 0.2) is 30.3 Å². The Morgan fingerprint density at radius 1 is 1.19 bits per heavy atom. The van der Waals surface area contributed by atoms with E-state index in [9.17, 15) is 9.59 Å². The van der Waals surface area contributed by atoms with Crippen LogP contribution in [0.5, 0.6) is 0 Å². The first-order chi connectivity index (χ1) is 12.3. The number of esters is 1. The van der Waals surface area contributed by atoms with Gasteiger partial charge in [-0.3, -0.25) is 0 Å². The topological polar surface area (TPSA) is 74.3 Å². The molecule has 0 saturated carbocycles. The Hall–Kier alpha value is -2.12. The second-order valence-electron chi connectivity index (χ2n) is 7.16. The van der Waals surface area contributed by atoms with Crippen LogP contribution in [0, 0.1) is 0 Å². The summed E-state index contributed by atoms with van der Waals surface area (Å²) in [6.07, 6.45) is -1.78. The van der Waals surface area contributed by atoms with E-state index in [-0.39, 0.29) is 19.7 Å². The van der Waals surface area contributed by atoms with E-state index in [1.54, 1.807) is 20.8 Å². The van der Waals surface area contributed by atoms with Crippen molar-refractivity contribution < 1.29 is 28.5 Å². The molecule has 0 bridgehead atoms. The minimum atomic E-state index is -0.855. The summed E-state index contributed by atoms with van der Waals surface area (Å²) in [5, 5.41) is 0. The molecule has 1 aliphatic rings. The van der Waals surface area contributed by atoms with Crippen molar-refractivity contribution in [2.75, 3.05) is 26.8 Å². The number of ether oxygens (including phenoxy) is 4. The maximum Gasteiger partial charge on any atom is 0.410 e. The minimum Gasteiger partial charge on any atom is -0.467 e. The van der Waals surface area contributed by atoms with E-state index in [0.29, 0.717) is 6.61 Å². The highest BCUT2D eigenvalue weighted by molar-refractivity contribution is 5.76. The number of carbonyl (C=O) groups is 2. The molecule has 0 N–H and O–H groups in total. The molecule has 144 valence electrons. The number of methoxy groups -OCH3 is 1. The normalized spacial score (nSPS) is 20.5. The number of rotatable bonds is 5. The number of nitrogens with zero attached hydrogens (tertiary/aromatic N) is 1. The molecule has 2 rings (SSSR count). The summed E-state index contributed by atoms with van der Waals surface area (Å²) in [5.74, 6) is -0.522. The molecule has 1 amide bonds. The number of morpholine rings is 1. The smallest absolute Gasteiger partial charge is 0.410 e. The molecule has 1 aromatic carbocycles. The molecule has 1 fully saturated rings. The Balaban J connectivity index is 1.95. The average molecular weight is 365 g/mol. The number of hydrogen-bond acceptors (Lipinski definition) is 6. The minimum absolute atomic E-state index is 0.0940. The molecule has 0 radical (unpaired) electrons. The Kier molecular flexibility index (Phi) is 6.99. The average Bonchev–Trinajstić information content (AvgIpc) is 2.60. The first-order valence-corrected chi connectivity index (χ1v) is 8.61. The van der Waals surface area contributed by atoms with Crippen LogP contribution in [0.2, 0.25) is 0 Å². The first-order valence-electron chi connectivity index (χ1n) is 8.61. The molecule has 1 aromatic rings. The molecule has 7 heteroatoms. The van der Waals surface area contributed by atoms with E-state index in [1.807, 2.05) is 30.3 Å². The summed E-state index contributed by atoms with van der Waals surface area (Å²) < 4.78 is 21.6. The molecule has 7 nitrogen and oxygen atoms in total. The molecule has 0 aromatic heterocycles. The van der Waals surface area contributed by atoms with Crippen molar-refractivity contribution in [2.24, 2.45) is 0 Å². The number of carbonyl (C=O) groups excluding carboxylic acids is 2. The van der Waals surface area contributed by atoms with Crippen LogP contribution in [0.1, 0.15) is 26.3 Å². The molecule has 0 aliphatic carbocycles. The van der Waals surface area contributed by atoms with Gasteiger partial charge in [0.15, 0.2) is 6.10 Å². The number of benzene rings is 1. The lowest BCUT2D eigenvalue weighted by atomic mass is 10.2. The van der Waals surface area contributed by atoms with Gasteiger partial charge in [-0.05, 0) is 26.3 Å². The lowest BCUT2D eigenvalue weighted by molar-refractivity contribution is -0.171. The van der Waals surface area contributed by atoms with Crippen molar-refractivity contribution >= 4 is 12.1 Å². The van der Waals surface area contributed by atoms with Crippen molar-refractivity contribution in [3.63, 3.8) is 0 Å². The quantitative estimate of drug-likeness (QED) is 0.746. The highest BCUT2D eigenvalue weighted by Crippen LogP contribution is 2.17. The molecule has 1 aliphatic heterocycles. The fourth-order valence-corrected chi connectivity index (χ4v) is 2.55. The van der Waals surface area contributed by atoms with Crippen LogP contribution < -0.4 is 0 Å². The van der Waals surface area contributed by atoms with Crippen molar-refractivity contribution in [1.29, 1.82) is 0 Å². The monoisotopic (exact) mass is 365 g/mol. The van der Waals surface area contributed by atoms with Gasteiger partial charge in [0.2, 0.25) is 0 Å². The molecule has 0 unspecified atom stereocenters. The highest BCUT2D eigenvalue weighted by atomic mass is 16.6. The summed E-state index contributed by atoms with van der Waals surface area (Å²) in [7, 11) is 1.29. The predicted octanol–water partition coefficient (Wildman–Crippen LogP) is 2.38. The van der Waals surface area contributed by atoms with Gasteiger partial charge in [0.05, 0.1) is 39.5 Å². The molecule has 2 atom stereocenters. The van der Waals surface area contributed by atoms with Gasteiger partial charge in [-0.25, -0.2) is 9.59 Å². The van der Waals surface area contributed by atoms with Gasteiger partial charge in [-0.2, -0.15) is 0 Å². The summed E-state index contributed by atoms with van der Waals surface area (Å²) in [4.78, 5) is 25.7. The molecule has 26 heavy (non-hydrogen) atoms. The molecule has 1 heterocycles. The third-order valence-corrected chi connectivity index (χ3v) is 3.70. The zero-order chi connectivity index (χ0) is 19.2. The van der Waals surface area contributed by atoms with Crippen LogP contribution in [-0.2, 0) is 30.3 Å². The summed E-state index contributed by atoms with van der Waals surface area (Å²) in [6.45, 7) is 6.45. The standard InChI is InChI=1S/C19H27NO6/c1-19(2,3)26-18(22)20-10-15(25-16(11-20)17(21)23-4)13-24-12-14-8-6-5-7-9-14/h5-9,15-16H,10-13H2,1-4H3/t15-,16+/m1/s1. The summed E-state index contributed by atoms with van der Waals surface area (Å²) in [5.41, 5.74) is 0.423. The van der Waals surface area contributed by atoms with E-state index >= 15 is 0 Å². The summed E-state index contributed by atoms with van der Waals surface area (Å²) >= 11 is 0. The zero-order valence-electron chi connectivity index (χ0n) is 15.8. The third-order valence-electron chi connectivity index (χ3n) is 3.70. The number of hydrogen-bond donors (Lipinski definition) is 0. The Morgan fingerprint density at radius 2 is 1.88 bits per heavy atom. The zero-order valence-corrected chi connectivity index (χ0v) is 15.8. The van der Waals surface area contributed by atoms with E-state index in [0.717, 1.165) is 5.56 Å². The van der Waals surface area contributed by atoms with Crippen molar-refractivity contribution in [2.45, 2.75) is 45.2 Å². The lowest BCUT2D eigenvalue weighted by Gasteiger charge is -2.37. The van der Waals surface area contributed by atoms with Crippen LogP contribution >= 0.6 is 0 Å². The largest absolute Gasteiger partial charge is 0.467 e. The second-order valence-corrected chi connectivity index (χ2v) is 7.16. The van der Waals surface area contributed by atoms with E-state index < -0.39 is 29.9 Å². The van der Waals surface area contributed by atoms with Gasteiger partial charge in [0, 0.05) is 0 Å². The fourth-order valence-electron chi connectivity index (χ4n) is 2.55. The van der Waals surface area contributed by atoms with Gasteiger partial charge >= 0.3 is 12.1 Å². The fraction of sp³-hybridized carbons (Fsp3) is 0.579. The first kappa shape index (κ1) is 20.2. The predicted molar refractivity (Wildman–Crippen MR) is 94.6 cm³/mol. The van der Waals surface area contributed by atoms with Gasteiger partial charge in [0.25, 0.3) is 0 Å². The van der Waals surface area contributed by atoms with Gasteiger partial charge in [-0.1, -0.05) is 30.3 Å². The van der Waals surface area contributed by atoms with Crippen molar-refractivity contribution in [1.82, 2.24) is 4.90 Å². The molecule has 1 saturated heterocycles. The van der Waals surface area contributed by atoms with Crippen LogP contribution in [-0.4, -0.2) is 61.6 Å².